The van der Waals surface area contributed by atoms with Crippen LogP contribution >= 0.6 is 0 Å². The fraction of sp³-hybridized carbons (Fsp3) is 0.571. The van der Waals surface area contributed by atoms with Crippen molar-refractivity contribution in [2.75, 3.05) is 13.2 Å². The molecule has 0 aromatic heterocycles. The summed E-state index contributed by atoms with van der Waals surface area (Å²) in [6.07, 6.45) is 3.10. The number of aliphatic hydroxyl groups is 2. The molecule has 1 aromatic carbocycles. The summed E-state index contributed by atoms with van der Waals surface area (Å²) < 4.78 is 0. The Morgan fingerprint density at radius 1 is 0.941 bits per heavy atom. The maximum absolute atomic E-state index is 9.46. The van der Waals surface area contributed by atoms with Gasteiger partial charge in [-0.15, -0.1) is 0 Å². The van der Waals surface area contributed by atoms with Crippen LogP contribution in [0.25, 0.3) is 0 Å². The molecule has 1 saturated carbocycles. The molecule has 3 N–H and O–H groups in total. The molecule has 2 unspecified atom stereocenters. The van der Waals surface area contributed by atoms with Crippen LogP contribution in [0.5, 0.6) is 5.75 Å². The summed E-state index contributed by atoms with van der Waals surface area (Å²) in [6, 6.07) is 7.15. The largest absolute Gasteiger partial charge is 0.508 e. The molecule has 2 atom stereocenters. The number of phenols is 1. The van der Waals surface area contributed by atoms with Gasteiger partial charge in [0.25, 0.3) is 0 Å². The third-order valence-electron chi connectivity index (χ3n) is 3.91. The van der Waals surface area contributed by atoms with Gasteiger partial charge in [0.05, 0.1) is 0 Å². The van der Waals surface area contributed by atoms with Gasteiger partial charge in [-0.2, -0.15) is 0 Å². The van der Waals surface area contributed by atoms with E-state index in [0.717, 1.165) is 24.8 Å². The van der Waals surface area contributed by atoms with Crippen molar-refractivity contribution < 1.29 is 15.3 Å². The molecule has 17 heavy (non-hydrogen) atoms. The van der Waals surface area contributed by atoms with E-state index in [9.17, 15) is 15.3 Å². The maximum atomic E-state index is 9.46. The van der Waals surface area contributed by atoms with E-state index >= 15 is 0 Å². The minimum atomic E-state index is 0.169. The van der Waals surface area contributed by atoms with Gasteiger partial charge in [-0.05, 0) is 48.3 Å². The molecule has 0 aliphatic heterocycles. The van der Waals surface area contributed by atoms with Crippen molar-refractivity contribution >= 4 is 0 Å². The van der Waals surface area contributed by atoms with Crippen molar-refractivity contribution in [1.29, 1.82) is 0 Å². The first-order chi connectivity index (χ1) is 8.26. The summed E-state index contributed by atoms with van der Waals surface area (Å²) in [6.45, 7) is 0.337. The molecule has 3 heteroatoms. The van der Waals surface area contributed by atoms with Crippen molar-refractivity contribution in [1.82, 2.24) is 0 Å². The second kappa shape index (κ2) is 5.52. The SMILES string of the molecule is OCC1CCCC(CO)C1c1ccc(O)cc1. The standard InChI is InChI=1S/C14H20O3/c15-8-11-2-1-3-12(9-16)14(11)10-4-6-13(17)7-5-10/h4-7,11-12,14-17H,1-3,8-9H2. The minimum Gasteiger partial charge on any atom is -0.508 e. The van der Waals surface area contributed by atoms with E-state index in [4.69, 9.17) is 0 Å². The van der Waals surface area contributed by atoms with Crippen molar-refractivity contribution in [3.05, 3.63) is 29.8 Å². The van der Waals surface area contributed by atoms with Gasteiger partial charge in [0.2, 0.25) is 0 Å². The van der Waals surface area contributed by atoms with E-state index in [-0.39, 0.29) is 36.7 Å². The Hall–Kier alpha value is -1.06. The van der Waals surface area contributed by atoms with Gasteiger partial charge in [0, 0.05) is 13.2 Å². The van der Waals surface area contributed by atoms with Crippen molar-refractivity contribution in [2.24, 2.45) is 11.8 Å². The summed E-state index contributed by atoms with van der Waals surface area (Å²) in [5.74, 6) is 0.917. The van der Waals surface area contributed by atoms with E-state index in [1.807, 2.05) is 12.1 Å². The second-order valence-electron chi connectivity index (χ2n) is 4.93. The smallest absolute Gasteiger partial charge is 0.115 e. The van der Waals surface area contributed by atoms with Crippen LogP contribution in [0.4, 0.5) is 0 Å². The summed E-state index contributed by atoms with van der Waals surface area (Å²) in [5, 5.41) is 28.2. The van der Waals surface area contributed by atoms with Gasteiger partial charge in [0.1, 0.15) is 5.75 Å². The highest BCUT2D eigenvalue weighted by molar-refractivity contribution is 5.29. The average molecular weight is 236 g/mol. The summed E-state index contributed by atoms with van der Waals surface area (Å²) in [5.41, 5.74) is 1.11. The van der Waals surface area contributed by atoms with Crippen LogP contribution in [0.2, 0.25) is 0 Å². The topological polar surface area (TPSA) is 60.7 Å². The fourth-order valence-electron chi connectivity index (χ4n) is 3.04. The summed E-state index contributed by atoms with van der Waals surface area (Å²) in [7, 11) is 0. The lowest BCUT2D eigenvalue weighted by molar-refractivity contribution is 0.0951. The Morgan fingerprint density at radius 3 is 1.94 bits per heavy atom. The van der Waals surface area contributed by atoms with E-state index < -0.39 is 0 Å². The molecule has 94 valence electrons. The van der Waals surface area contributed by atoms with Crippen molar-refractivity contribution in [3.63, 3.8) is 0 Å². The molecule has 1 aromatic rings. The molecule has 0 radical (unpaired) electrons. The fourth-order valence-corrected chi connectivity index (χ4v) is 3.04. The average Bonchev–Trinajstić information content (AvgIpc) is 2.38. The van der Waals surface area contributed by atoms with Crippen LogP contribution < -0.4 is 0 Å². The van der Waals surface area contributed by atoms with Crippen molar-refractivity contribution in [3.8, 4) is 5.75 Å². The summed E-state index contributed by atoms with van der Waals surface area (Å²) >= 11 is 0. The molecule has 1 aliphatic carbocycles. The van der Waals surface area contributed by atoms with Crippen LogP contribution in [0.15, 0.2) is 24.3 Å². The third-order valence-corrected chi connectivity index (χ3v) is 3.91. The Balaban J connectivity index is 2.26. The van der Waals surface area contributed by atoms with E-state index in [0.29, 0.717) is 0 Å². The zero-order valence-electron chi connectivity index (χ0n) is 9.92. The van der Waals surface area contributed by atoms with Crippen LogP contribution in [0, 0.1) is 11.8 Å². The normalized spacial score (nSPS) is 29.2. The zero-order valence-corrected chi connectivity index (χ0v) is 9.92. The molecule has 1 aliphatic rings. The number of benzene rings is 1. The van der Waals surface area contributed by atoms with Gasteiger partial charge >= 0.3 is 0 Å². The predicted octanol–water partition coefficient (Wildman–Crippen LogP) is 1.88. The first-order valence-corrected chi connectivity index (χ1v) is 6.27. The molecule has 0 spiro atoms. The lowest BCUT2D eigenvalue weighted by atomic mass is 9.69. The number of hydrogen-bond acceptors (Lipinski definition) is 3. The number of hydrogen-bond donors (Lipinski definition) is 3. The molecule has 1 fully saturated rings. The molecular formula is C14H20O3. The van der Waals surface area contributed by atoms with E-state index in [1.54, 1.807) is 12.1 Å². The van der Waals surface area contributed by atoms with Gasteiger partial charge in [-0.25, -0.2) is 0 Å². The number of aromatic hydroxyl groups is 1. The predicted molar refractivity (Wildman–Crippen MR) is 65.9 cm³/mol. The van der Waals surface area contributed by atoms with Crippen LogP contribution in [-0.4, -0.2) is 28.5 Å². The van der Waals surface area contributed by atoms with Gasteiger partial charge in [-0.3, -0.25) is 0 Å². The van der Waals surface area contributed by atoms with Gasteiger partial charge in [0.15, 0.2) is 0 Å². The van der Waals surface area contributed by atoms with E-state index in [1.165, 1.54) is 0 Å². The number of phenolic OH excluding ortho intramolecular Hbond substituents is 1. The zero-order chi connectivity index (χ0) is 12.3. The molecule has 0 saturated heterocycles. The van der Waals surface area contributed by atoms with Gasteiger partial charge in [-0.1, -0.05) is 18.6 Å². The summed E-state index contributed by atoms with van der Waals surface area (Å²) in [4.78, 5) is 0. The van der Waals surface area contributed by atoms with Crippen LogP contribution in [0.1, 0.15) is 30.7 Å². The van der Waals surface area contributed by atoms with E-state index in [2.05, 4.69) is 0 Å². The van der Waals surface area contributed by atoms with Gasteiger partial charge < -0.3 is 15.3 Å². The Kier molecular flexibility index (Phi) is 4.02. The lowest BCUT2D eigenvalue weighted by Gasteiger charge is -2.37. The van der Waals surface area contributed by atoms with Crippen LogP contribution in [-0.2, 0) is 0 Å². The third kappa shape index (κ3) is 2.61. The highest BCUT2D eigenvalue weighted by Crippen LogP contribution is 2.41. The molecule has 0 bridgehead atoms. The highest BCUT2D eigenvalue weighted by atomic mass is 16.3. The number of rotatable bonds is 3. The highest BCUT2D eigenvalue weighted by Gasteiger charge is 2.33. The second-order valence-corrected chi connectivity index (χ2v) is 4.93. The number of aliphatic hydroxyl groups excluding tert-OH is 2. The first kappa shape index (κ1) is 12.4. The Labute approximate surface area is 102 Å². The minimum absolute atomic E-state index is 0.169. The molecule has 0 heterocycles. The molecule has 3 nitrogen and oxygen atoms in total. The molecule has 0 amide bonds. The Bertz CT molecular complexity index is 335. The molecule has 2 rings (SSSR count). The lowest BCUT2D eigenvalue weighted by Crippen LogP contribution is -2.30. The van der Waals surface area contributed by atoms with Crippen LogP contribution in [0.3, 0.4) is 0 Å². The Morgan fingerprint density at radius 2 is 1.47 bits per heavy atom. The molecular weight excluding hydrogens is 216 g/mol. The monoisotopic (exact) mass is 236 g/mol. The van der Waals surface area contributed by atoms with Crippen molar-refractivity contribution in [2.45, 2.75) is 25.2 Å². The first-order valence-electron chi connectivity index (χ1n) is 6.27. The maximum Gasteiger partial charge on any atom is 0.115 e. The quantitative estimate of drug-likeness (QED) is 0.751.